The molecule has 1 aliphatic heterocycles. The van der Waals surface area contributed by atoms with Crippen LogP contribution in [-0.2, 0) is 16.1 Å². The third-order valence-electron chi connectivity index (χ3n) is 4.21. The molecule has 6 heteroatoms. The minimum absolute atomic E-state index is 0.0466. The first-order valence-electron chi connectivity index (χ1n) is 7.86. The topological polar surface area (TPSA) is 62.2 Å². The predicted octanol–water partition coefficient (Wildman–Crippen LogP) is 1.79. The molecule has 0 radical (unpaired) electrons. The van der Waals surface area contributed by atoms with Crippen LogP contribution in [0.15, 0.2) is 29.4 Å². The number of hydrogen-bond acceptors (Lipinski definition) is 4. The second-order valence-corrected chi connectivity index (χ2v) is 5.98. The number of hydrogen-bond donors (Lipinski definition) is 0. The number of hydrazone groups is 1. The average molecular weight is 315 g/mol. The summed E-state index contributed by atoms with van der Waals surface area (Å²) in [5, 5.41) is 5.43. The maximum atomic E-state index is 12.8. The first kappa shape index (κ1) is 15.5. The van der Waals surface area contributed by atoms with Crippen LogP contribution >= 0.6 is 0 Å². The van der Waals surface area contributed by atoms with E-state index in [1.165, 1.54) is 5.01 Å². The second-order valence-electron chi connectivity index (χ2n) is 5.98. The summed E-state index contributed by atoms with van der Waals surface area (Å²) in [6, 6.07) is 8.03. The summed E-state index contributed by atoms with van der Waals surface area (Å²) in [6.07, 6.45) is 2.84. The summed E-state index contributed by atoms with van der Waals surface area (Å²) < 4.78 is 5.16. The summed E-state index contributed by atoms with van der Waals surface area (Å²) >= 11 is 0. The zero-order chi connectivity index (χ0) is 16.4. The van der Waals surface area contributed by atoms with E-state index in [0.29, 0.717) is 25.1 Å². The molecule has 0 spiro atoms. The molecule has 3 rings (SSSR count). The Labute approximate surface area is 135 Å². The normalized spacial score (nSPS) is 17.7. The number of carbonyl (C=O) groups is 2. The Morgan fingerprint density at radius 2 is 2.00 bits per heavy atom. The molecule has 1 saturated carbocycles. The summed E-state index contributed by atoms with van der Waals surface area (Å²) in [7, 11) is 3.23. The Bertz CT molecular complexity index is 635. The van der Waals surface area contributed by atoms with Crippen LogP contribution in [0.5, 0.6) is 5.75 Å². The van der Waals surface area contributed by atoms with Crippen LogP contribution in [-0.4, -0.2) is 47.6 Å². The lowest BCUT2D eigenvalue weighted by Gasteiger charge is -2.26. The standard InChI is InChI=1S/C17H21N3O3/c1-19-16(21)10-9-15(18-19)17(22)20(13-5-6-13)11-12-3-7-14(23-2)8-4-12/h3-4,7-8,13H,5-6,9-11H2,1-2H3. The molecule has 1 aromatic rings. The largest absolute Gasteiger partial charge is 0.497 e. The zero-order valence-electron chi connectivity index (χ0n) is 13.5. The molecule has 2 amide bonds. The minimum Gasteiger partial charge on any atom is -0.497 e. The highest BCUT2D eigenvalue weighted by atomic mass is 16.5. The molecule has 1 heterocycles. The van der Waals surface area contributed by atoms with Gasteiger partial charge in [0.1, 0.15) is 11.5 Å². The molecule has 0 bridgehead atoms. The van der Waals surface area contributed by atoms with Crippen molar-refractivity contribution in [2.75, 3.05) is 14.2 Å². The lowest BCUT2D eigenvalue weighted by atomic mass is 10.1. The molecule has 0 N–H and O–H groups in total. The van der Waals surface area contributed by atoms with Crippen molar-refractivity contribution >= 4 is 17.5 Å². The molecular weight excluding hydrogens is 294 g/mol. The smallest absolute Gasteiger partial charge is 0.270 e. The van der Waals surface area contributed by atoms with Crippen LogP contribution in [0.3, 0.4) is 0 Å². The maximum absolute atomic E-state index is 12.8. The minimum atomic E-state index is -0.0531. The number of rotatable bonds is 5. The van der Waals surface area contributed by atoms with Crippen molar-refractivity contribution in [1.82, 2.24) is 9.91 Å². The van der Waals surface area contributed by atoms with E-state index in [1.54, 1.807) is 14.2 Å². The number of methoxy groups -OCH3 is 1. The molecule has 23 heavy (non-hydrogen) atoms. The number of benzene rings is 1. The SMILES string of the molecule is COc1ccc(CN(C(=O)C2=NN(C)C(=O)CC2)C2CC2)cc1. The van der Waals surface area contributed by atoms with Gasteiger partial charge in [-0.25, -0.2) is 5.01 Å². The van der Waals surface area contributed by atoms with Crippen molar-refractivity contribution in [3.05, 3.63) is 29.8 Å². The fourth-order valence-corrected chi connectivity index (χ4v) is 2.67. The molecule has 6 nitrogen and oxygen atoms in total. The molecule has 1 aliphatic carbocycles. The molecule has 0 atom stereocenters. The Morgan fingerprint density at radius 3 is 2.57 bits per heavy atom. The Morgan fingerprint density at radius 1 is 1.30 bits per heavy atom. The van der Waals surface area contributed by atoms with Crippen LogP contribution in [0.2, 0.25) is 0 Å². The third-order valence-corrected chi connectivity index (χ3v) is 4.21. The van der Waals surface area contributed by atoms with Gasteiger partial charge >= 0.3 is 0 Å². The summed E-state index contributed by atoms with van der Waals surface area (Å²) in [5.74, 6) is 0.701. The number of amides is 2. The molecule has 2 aliphatic rings. The van der Waals surface area contributed by atoms with Crippen molar-refractivity contribution in [1.29, 1.82) is 0 Å². The van der Waals surface area contributed by atoms with Gasteiger partial charge in [0, 0.05) is 32.5 Å². The zero-order valence-corrected chi connectivity index (χ0v) is 13.5. The van der Waals surface area contributed by atoms with E-state index < -0.39 is 0 Å². The lowest BCUT2D eigenvalue weighted by molar-refractivity contribution is -0.130. The number of nitrogens with zero attached hydrogens (tertiary/aromatic N) is 3. The third kappa shape index (κ3) is 3.52. The van der Waals surface area contributed by atoms with Gasteiger partial charge in [-0.1, -0.05) is 12.1 Å². The monoisotopic (exact) mass is 315 g/mol. The van der Waals surface area contributed by atoms with E-state index in [4.69, 9.17) is 4.74 Å². The van der Waals surface area contributed by atoms with Crippen molar-refractivity contribution in [3.63, 3.8) is 0 Å². The molecule has 122 valence electrons. The average Bonchev–Trinajstić information content (AvgIpc) is 3.40. The van der Waals surface area contributed by atoms with E-state index in [9.17, 15) is 9.59 Å². The van der Waals surface area contributed by atoms with Gasteiger partial charge in [-0.05, 0) is 30.5 Å². The first-order valence-corrected chi connectivity index (χ1v) is 7.86. The van der Waals surface area contributed by atoms with Crippen LogP contribution in [0.1, 0.15) is 31.2 Å². The van der Waals surface area contributed by atoms with Gasteiger partial charge in [0.15, 0.2) is 0 Å². The lowest BCUT2D eigenvalue weighted by Crippen LogP contribution is -2.41. The van der Waals surface area contributed by atoms with E-state index in [2.05, 4.69) is 5.10 Å². The number of ether oxygens (including phenoxy) is 1. The predicted molar refractivity (Wildman–Crippen MR) is 86.0 cm³/mol. The van der Waals surface area contributed by atoms with Crippen LogP contribution in [0.4, 0.5) is 0 Å². The van der Waals surface area contributed by atoms with Crippen LogP contribution < -0.4 is 4.74 Å². The summed E-state index contributed by atoms with van der Waals surface area (Å²) in [5.41, 5.74) is 1.54. The Hall–Kier alpha value is -2.37. The highest BCUT2D eigenvalue weighted by Crippen LogP contribution is 2.29. The Balaban J connectivity index is 1.74. The van der Waals surface area contributed by atoms with Crippen molar-refractivity contribution < 1.29 is 14.3 Å². The van der Waals surface area contributed by atoms with Crippen molar-refractivity contribution in [3.8, 4) is 5.75 Å². The van der Waals surface area contributed by atoms with E-state index in [0.717, 1.165) is 24.2 Å². The fraction of sp³-hybridized carbons (Fsp3) is 0.471. The van der Waals surface area contributed by atoms with E-state index in [-0.39, 0.29) is 17.9 Å². The highest BCUT2D eigenvalue weighted by molar-refractivity contribution is 6.39. The van der Waals surface area contributed by atoms with Gasteiger partial charge in [0.25, 0.3) is 5.91 Å². The molecular formula is C17H21N3O3. The van der Waals surface area contributed by atoms with Gasteiger partial charge in [0.05, 0.1) is 7.11 Å². The van der Waals surface area contributed by atoms with Crippen LogP contribution in [0, 0.1) is 0 Å². The molecule has 0 unspecified atom stereocenters. The molecule has 1 aromatic carbocycles. The van der Waals surface area contributed by atoms with Crippen molar-refractivity contribution in [2.45, 2.75) is 38.3 Å². The maximum Gasteiger partial charge on any atom is 0.270 e. The summed E-state index contributed by atoms with van der Waals surface area (Å²) in [6.45, 7) is 0.560. The van der Waals surface area contributed by atoms with E-state index >= 15 is 0 Å². The molecule has 1 fully saturated rings. The van der Waals surface area contributed by atoms with Gasteiger partial charge in [-0.15, -0.1) is 0 Å². The van der Waals surface area contributed by atoms with Gasteiger partial charge < -0.3 is 9.64 Å². The Kier molecular flexibility index (Phi) is 4.32. The number of carbonyl (C=O) groups excluding carboxylic acids is 2. The first-order chi connectivity index (χ1) is 11.1. The van der Waals surface area contributed by atoms with Gasteiger partial charge in [-0.3, -0.25) is 9.59 Å². The second kappa shape index (κ2) is 6.40. The van der Waals surface area contributed by atoms with Crippen LogP contribution in [0.25, 0.3) is 0 Å². The molecule has 0 aromatic heterocycles. The summed E-state index contributed by atoms with van der Waals surface area (Å²) in [4.78, 5) is 26.2. The molecule has 0 saturated heterocycles. The quantitative estimate of drug-likeness (QED) is 0.832. The van der Waals surface area contributed by atoms with Crippen molar-refractivity contribution in [2.24, 2.45) is 5.10 Å². The van der Waals surface area contributed by atoms with E-state index in [1.807, 2.05) is 29.2 Å². The highest BCUT2D eigenvalue weighted by Gasteiger charge is 2.35. The fourth-order valence-electron chi connectivity index (χ4n) is 2.67. The van der Waals surface area contributed by atoms with Gasteiger partial charge in [-0.2, -0.15) is 5.10 Å². The van der Waals surface area contributed by atoms with Gasteiger partial charge in [0.2, 0.25) is 5.91 Å².